The van der Waals surface area contributed by atoms with Crippen LogP contribution < -0.4 is 9.47 Å². The van der Waals surface area contributed by atoms with Crippen LogP contribution in [0.5, 0.6) is 11.5 Å². The minimum absolute atomic E-state index is 0.0427. The molecule has 0 aliphatic carbocycles. The summed E-state index contributed by atoms with van der Waals surface area (Å²) in [5.41, 5.74) is 1.88. The van der Waals surface area contributed by atoms with Gasteiger partial charge in [0.25, 0.3) is 0 Å². The summed E-state index contributed by atoms with van der Waals surface area (Å²) >= 11 is 0. The van der Waals surface area contributed by atoms with Crippen molar-refractivity contribution in [2.24, 2.45) is 0 Å². The van der Waals surface area contributed by atoms with Crippen LogP contribution in [0.3, 0.4) is 0 Å². The third-order valence-electron chi connectivity index (χ3n) is 2.97. The first-order valence-electron chi connectivity index (χ1n) is 6.53. The number of rotatable bonds is 6. The molecule has 0 saturated heterocycles. The van der Waals surface area contributed by atoms with E-state index in [1.165, 1.54) is 12.8 Å². The van der Waals surface area contributed by atoms with E-state index in [1.807, 2.05) is 24.3 Å². The van der Waals surface area contributed by atoms with Crippen molar-refractivity contribution < 1.29 is 14.6 Å². The second-order valence-corrected chi connectivity index (χ2v) is 4.50. The first-order valence-corrected chi connectivity index (χ1v) is 6.53. The number of aliphatic hydroxyl groups is 1. The minimum Gasteiger partial charge on any atom is -0.494 e. The molecule has 0 radical (unpaired) electrons. The predicted octanol–water partition coefficient (Wildman–Crippen LogP) is 3.02. The van der Waals surface area contributed by atoms with Gasteiger partial charge in [-0.15, -0.1) is 0 Å². The van der Waals surface area contributed by atoms with Gasteiger partial charge in [0, 0.05) is 5.56 Å². The molecule has 18 heavy (non-hydrogen) atoms. The number of aliphatic hydroxyl groups excluding tert-OH is 1. The average Bonchev–Trinajstić information content (AvgIpc) is 2.42. The molecule has 1 aliphatic rings. The van der Waals surface area contributed by atoms with Crippen molar-refractivity contribution in [1.82, 2.24) is 0 Å². The molecular formula is C15H20O3. The Morgan fingerprint density at radius 1 is 1.33 bits per heavy atom. The van der Waals surface area contributed by atoms with E-state index in [1.54, 1.807) is 0 Å². The van der Waals surface area contributed by atoms with Crippen LogP contribution >= 0.6 is 0 Å². The molecule has 1 aromatic rings. The topological polar surface area (TPSA) is 38.7 Å². The van der Waals surface area contributed by atoms with Gasteiger partial charge in [0.1, 0.15) is 18.1 Å². The molecule has 0 bridgehead atoms. The zero-order valence-corrected chi connectivity index (χ0v) is 10.8. The molecular weight excluding hydrogens is 228 g/mol. The summed E-state index contributed by atoms with van der Waals surface area (Å²) < 4.78 is 11.2. The predicted molar refractivity (Wildman–Crippen MR) is 72.0 cm³/mol. The van der Waals surface area contributed by atoms with E-state index in [0.29, 0.717) is 6.61 Å². The fourth-order valence-corrected chi connectivity index (χ4v) is 1.93. The van der Waals surface area contributed by atoms with Crippen LogP contribution in [0.25, 0.3) is 6.08 Å². The summed E-state index contributed by atoms with van der Waals surface area (Å²) in [7, 11) is 0. The molecule has 1 heterocycles. The van der Waals surface area contributed by atoms with Gasteiger partial charge >= 0.3 is 0 Å². The second-order valence-electron chi connectivity index (χ2n) is 4.50. The van der Waals surface area contributed by atoms with Crippen molar-refractivity contribution in [3.8, 4) is 11.5 Å². The Bertz CT molecular complexity index is 424. The standard InChI is InChI=1S/C15H20O3/c1-2-3-4-7-17-14-5-6-15-13(9-14)8-12(10-16)11-18-15/h5-6,8-9,16H,2-4,7,10-11H2,1H3. The molecule has 1 aromatic carbocycles. The molecule has 3 nitrogen and oxygen atoms in total. The van der Waals surface area contributed by atoms with Crippen LogP contribution in [-0.2, 0) is 0 Å². The van der Waals surface area contributed by atoms with Crippen molar-refractivity contribution in [2.75, 3.05) is 19.8 Å². The Balaban J connectivity index is 2.01. The lowest BCUT2D eigenvalue weighted by Crippen LogP contribution is -2.10. The van der Waals surface area contributed by atoms with Crippen molar-refractivity contribution in [3.63, 3.8) is 0 Å². The molecule has 0 unspecified atom stereocenters. The minimum atomic E-state index is 0.0427. The number of unbranched alkanes of at least 4 members (excludes halogenated alkanes) is 2. The normalized spacial score (nSPS) is 13.6. The van der Waals surface area contributed by atoms with E-state index in [-0.39, 0.29) is 6.61 Å². The SMILES string of the molecule is CCCCCOc1ccc2c(c1)C=C(CO)CO2. The molecule has 0 amide bonds. The van der Waals surface area contributed by atoms with Gasteiger partial charge in [-0.1, -0.05) is 19.8 Å². The summed E-state index contributed by atoms with van der Waals surface area (Å²) in [6.45, 7) is 3.45. The summed E-state index contributed by atoms with van der Waals surface area (Å²) in [6, 6.07) is 5.83. The van der Waals surface area contributed by atoms with Crippen LogP contribution in [0.4, 0.5) is 0 Å². The van der Waals surface area contributed by atoms with Crippen LogP contribution in [0.15, 0.2) is 23.8 Å². The number of hydrogen-bond acceptors (Lipinski definition) is 3. The molecule has 0 spiro atoms. The highest BCUT2D eigenvalue weighted by atomic mass is 16.5. The molecule has 0 fully saturated rings. The quantitative estimate of drug-likeness (QED) is 0.786. The van der Waals surface area contributed by atoms with Gasteiger partial charge in [0.05, 0.1) is 13.2 Å². The first kappa shape index (κ1) is 13.0. The van der Waals surface area contributed by atoms with Crippen molar-refractivity contribution in [1.29, 1.82) is 0 Å². The number of benzene rings is 1. The summed E-state index contributed by atoms with van der Waals surface area (Å²) in [5.74, 6) is 1.72. The van der Waals surface area contributed by atoms with Crippen LogP contribution in [0.1, 0.15) is 31.7 Å². The zero-order valence-electron chi connectivity index (χ0n) is 10.8. The van der Waals surface area contributed by atoms with E-state index in [4.69, 9.17) is 14.6 Å². The Morgan fingerprint density at radius 3 is 3.00 bits per heavy atom. The van der Waals surface area contributed by atoms with E-state index in [0.717, 1.165) is 35.7 Å². The van der Waals surface area contributed by atoms with Crippen molar-refractivity contribution in [2.45, 2.75) is 26.2 Å². The average molecular weight is 248 g/mol. The van der Waals surface area contributed by atoms with Gasteiger partial charge in [-0.2, -0.15) is 0 Å². The largest absolute Gasteiger partial charge is 0.494 e. The molecule has 3 heteroatoms. The lowest BCUT2D eigenvalue weighted by atomic mass is 10.1. The summed E-state index contributed by atoms with van der Waals surface area (Å²) in [5, 5.41) is 9.11. The molecule has 1 aliphatic heterocycles. The van der Waals surface area contributed by atoms with Gasteiger partial charge in [-0.25, -0.2) is 0 Å². The first-order chi connectivity index (χ1) is 8.83. The lowest BCUT2D eigenvalue weighted by molar-refractivity contribution is 0.283. The summed E-state index contributed by atoms with van der Waals surface area (Å²) in [4.78, 5) is 0. The number of hydrogen-bond donors (Lipinski definition) is 1. The van der Waals surface area contributed by atoms with Gasteiger partial charge < -0.3 is 14.6 Å². The Morgan fingerprint density at radius 2 is 2.22 bits per heavy atom. The van der Waals surface area contributed by atoms with Crippen molar-refractivity contribution in [3.05, 3.63) is 29.3 Å². The fraction of sp³-hybridized carbons (Fsp3) is 0.467. The second kappa shape index (κ2) is 6.45. The smallest absolute Gasteiger partial charge is 0.127 e. The number of ether oxygens (including phenoxy) is 2. The zero-order chi connectivity index (χ0) is 12.8. The Kier molecular flexibility index (Phi) is 4.65. The van der Waals surface area contributed by atoms with Crippen LogP contribution in [-0.4, -0.2) is 24.9 Å². The molecule has 98 valence electrons. The highest BCUT2D eigenvalue weighted by Crippen LogP contribution is 2.29. The van der Waals surface area contributed by atoms with Gasteiger partial charge in [0.2, 0.25) is 0 Å². The summed E-state index contributed by atoms with van der Waals surface area (Å²) in [6.07, 6.45) is 5.45. The lowest BCUT2D eigenvalue weighted by Gasteiger charge is -2.17. The van der Waals surface area contributed by atoms with Gasteiger partial charge in [-0.05, 0) is 36.3 Å². The van der Waals surface area contributed by atoms with E-state index < -0.39 is 0 Å². The number of fused-ring (bicyclic) bond motifs is 1. The maximum Gasteiger partial charge on any atom is 0.127 e. The molecule has 0 saturated carbocycles. The third-order valence-corrected chi connectivity index (χ3v) is 2.97. The highest BCUT2D eigenvalue weighted by Gasteiger charge is 2.11. The van der Waals surface area contributed by atoms with Gasteiger partial charge in [0.15, 0.2) is 0 Å². The van der Waals surface area contributed by atoms with E-state index in [2.05, 4.69) is 6.92 Å². The fourth-order valence-electron chi connectivity index (χ4n) is 1.93. The molecule has 0 atom stereocenters. The van der Waals surface area contributed by atoms with E-state index >= 15 is 0 Å². The highest BCUT2D eigenvalue weighted by molar-refractivity contribution is 5.64. The maximum atomic E-state index is 9.11. The van der Waals surface area contributed by atoms with Crippen molar-refractivity contribution >= 4 is 6.08 Å². The Hall–Kier alpha value is -1.48. The van der Waals surface area contributed by atoms with Crippen LogP contribution in [0.2, 0.25) is 0 Å². The Labute approximate surface area is 108 Å². The molecule has 2 rings (SSSR count). The third kappa shape index (κ3) is 3.26. The van der Waals surface area contributed by atoms with Crippen LogP contribution in [0, 0.1) is 0 Å². The maximum absolute atomic E-state index is 9.11. The van der Waals surface area contributed by atoms with Gasteiger partial charge in [-0.3, -0.25) is 0 Å². The monoisotopic (exact) mass is 248 g/mol. The molecule has 0 aromatic heterocycles. The molecule has 1 N–H and O–H groups in total. The van der Waals surface area contributed by atoms with E-state index in [9.17, 15) is 0 Å².